The quantitative estimate of drug-likeness (QED) is 0.786. The maximum absolute atomic E-state index is 11.8. The fourth-order valence-electron chi connectivity index (χ4n) is 1.27. The first-order valence-electron chi connectivity index (χ1n) is 5.15. The Kier molecular flexibility index (Phi) is 5.21. The van der Waals surface area contributed by atoms with Gasteiger partial charge >= 0.3 is 6.18 Å². The van der Waals surface area contributed by atoms with Crippen molar-refractivity contribution in [3.05, 3.63) is 16.1 Å². The summed E-state index contributed by atoms with van der Waals surface area (Å²) in [6.45, 7) is 3.24. The first-order valence-corrected chi connectivity index (χ1v) is 6.03. The Balaban J connectivity index is 2.03. The van der Waals surface area contributed by atoms with E-state index in [0.29, 0.717) is 19.5 Å². The van der Waals surface area contributed by atoms with Crippen molar-refractivity contribution in [3.63, 3.8) is 0 Å². The molecule has 0 saturated heterocycles. The lowest BCUT2D eigenvalue weighted by molar-refractivity contribution is -0.135. The van der Waals surface area contributed by atoms with Gasteiger partial charge in [0.05, 0.1) is 11.2 Å². The number of aromatic nitrogens is 1. The molecule has 0 bridgehead atoms. The second kappa shape index (κ2) is 6.20. The van der Waals surface area contributed by atoms with Crippen molar-refractivity contribution in [3.8, 4) is 0 Å². The largest absolute Gasteiger partial charge is 0.389 e. The second-order valence-electron chi connectivity index (χ2n) is 3.61. The van der Waals surface area contributed by atoms with E-state index >= 15 is 0 Å². The molecule has 0 unspecified atom stereocenters. The predicted octanol–water partition coefficient (Wildman–Crippen LogP) is 3.27. The predicted molar refractivity (Wildman–Crippen MR) is 58.5 cm³/mol. The Bertz CT molecular complexity index is 309. The van der Waals surface area contributed by atoms with Crippen LogP contribution in [0.1, 0.15) is 29.8 Å². The van der Waals surface area contributed by atoms with Crippen molar-refractivity contribution in [2.24, 2.45) is 0 Å². The van der Waals surface area contributed by atoms with E-state index in [1.54, 1.807) is 16.8 Å². The number of halogens is 3. The maximum atomic E-state index is 11.8. The van der Waals surface area contributed by atoms with Crippen LogP contribution in [0.3, 0.4) is 0 Å². The van der Waals surface area contributed by atoms with E-state index in [2.05, 4.69) is 10.3 Å². The molecule has 92 valence electrons. The molecule has 0 aliphatic carbocycles. The first-order chi connectivity index (χ1) is 7.49. The van der Waals surface area contributed by atoms with E-state index in [1.807, 2.05) is 6.92 Å². The van der Waals surface area contributed by atoms with Crippen LogP contribution >= 0.6 is 11.3 Å². The minimum absolute atomic E-state index is 0.193. The molecule has 1 aromatic rings. The molecule has 0 aromatic carbocycles. The number of unbranched alkanes of at least 4 members (excludes halogenated alkanes) is 1. The zero-order chi connectivity index (χ0) is 12.0. The first kappa shape index (κ1) is 13.4. The van der Waals surface area contributed by atoms with Crippen molar-refractivity contribution in [2.75, 3.05) is 6.54 Å². The van der Waals surface area contributed by atoms with Crippen LogP contribution in [0.5, 0.6) is 0 Å². The third kappa shape index (κ3) is 5.46. The SMILES string of the molecule is Cc1ncsc1CNCCCCC(F)(F)F. The Hall–Kier alpha value is -0.620. The fraction of sp³-hybridized carbons (Fsp3) is 0.700. The lowest BCUT2D eigenvalue weighted by atomic mass is 10.2. The Labute approximate surface area is 96.9 Å². The molecule has 0 radical (unpaired) electrons. The molecule has 0 saturated carbocycles. The molecule has 0 aliphatic rings. The third-order valence-electron chi connectivity index (χ3n) is 2.19. The molecule has 0 aliphatic heterocycles. The van der Waals surface area contributed by atoms with Gasteiger partial charge in [0.2, 0.25) is 0 Å². The third-order valence-corrected chi connectivity index (χ3v) is 3.13. The lowest BCUT2D eigenvalue weighted by Crippen LogP contribution is -2.15. The summed E-state index contributed by atoms with van der Waals surface area (Å²) in [5.41, 5.74) is 2.77. The summed E-state index contributed by atoms with van der Waals surface area (Å²) in [6.07, 6.45) is -3.96. The van der Waals surface area contributed by atoms with E-state index in [9.17, 15) is 13.2 Å². The molecule has 6 heteroatoms. The molecule has 1 heterocycles. The van der Waals surface area contributed by atoms with Gasteiger partial charge in [-0.25, -0.2) is 4.98 Å². The number of nitrogens with zero attached hydrogens (tertiary/aromatic N) is 1. The van der Waals surface area contributed by atoms with Gasteiger partial charge in [-0.3, -0.25) is 0 Å². The zero-order valence-corrected chi connectivity index (χ0v) is 9.92. The highest BCUT2D eigenvalue weighted by atomic mass is 32.1. The topological polar surface area (TPSA) is 24.9 Å². The van der Waals surface area contributed by atoms with Crippen LogP contribution in [0.2, 0.25) is 0 Å². The van der Waals surface area contributed by atoms with Crippen LogP contribution in [0.15, 0.2) is 5.51 Å². The van der Waals surface area contributed by atoms with Gasteiger partial charge in [0.15, 0.2) is 0 Å². The normalized spacial score (nSPS) is 12.0. The molecule has 0 spiro atoms. The average Bonchev–Trinajstić information content (AvgIpc) is 2.56. The molecule has 16 heavy (non-hydrogen) atoms. The molecular weight excluding hydrogens is 237 g/mol. The summed E-state index contributed by atoms with van der Waals surface area (Å²) < 4.78 is 35.4. The van der Waals surface area contributed by atoms with E-state index in [-0.39, 0.29) is 6.42 Å². The summed E-state index contributed by atoms with van der Waals surface area (Å²) in [6, 6.07) is 0. The van der Waals surface area contributed by atoms with Crippen molar-refractivity contribution in [2.45, 2.75) is 38.9 Å². The van der Waals surface area contributed by atoms with Gasteiger partial charge in [0, 0.05) is 17.8 Å². The van der Waals surface area contributed by atoms with Gasteiger partial charge in [0.1, 0.15) is 0 Å². The van der Waals surface area contributed by atoms with Crippen LogP contribution in [-0.2, 0) is 6.54 Å². The zero-order valence-electron chi connectivity index (χ0n) is 9.10. The summed E-state index contributed by atoms with van der Waals surface area (Å²) >= 11 is 1.56. The van der Waals surface area contributed by atoms with Gasteiger partial charge in [-0.15, -0.1) is 11.3 Å². The minimum atomic E-state index is -4.02. The number of aryl methyl sites for hydroxylation is 1. The highest BCUT2D eigenvalue weighted by molar-refractivity contribution is 7.09. The molecule has 0 fully saturated rings. The summed E-state index contributed by atoms with van der Waals surface area (Å²) in [5, 5.41) is 3.12. The Morgan fingerprint density at radius 2 is 2.12 bits per heavy atom. The van der Waals surface area contributed by atoms with Crippen LogP contribution in [0.25, 0.3) is 0 Å². The minimum Gasteiger partial charge on any atom is -0.312 e. The van der Waals surface area contributed by atoms with Crippen LogP contribution in [0, 0.1) is 6.92 Å². The van der Waals surface area contributed by atoms with E-state index in [0.717, 1.165) is 10.6 Å². The van der Waals surface area contributed by atoms with Gasteiger partial charge < -0.3 is 5.32 Å². The number of thiazole rings is 1. The molecule has 1 rings (SSSR count). The summed E-state index contributed by atoms with van der Waals surface area (Å²) in [7, 11) is 0. The number of alkyl halides is 3. The second-order valence-corrected chi connectivity index (χ2v) is 4.55. The van der Waals surface area contributed by atoms with E-state index < -0.39 is 12.6 Å². The highest BCUT2D eigenvalue weighted by Crippen LogP contribution is 2.21. The average molecular weight is 252 g/mol. The number of rotatable bonds is 6. The van der Waals surface area contributed by atoms with Gasteiger partial charge in [0.25, 0.3) is 0 Å². The molecule has 0 atom stereocenters. The molecule has 2 nitrogen and oxygen atoms in total. The Morgan fingerprint density at radius 3 is 2.69 bits per heavy atom. The van der Waals surface area contributed by atoms with Crippen molar-refractivity contribution >= 4 is 11.3 Å². The molecule has 1 aromatic heterocycles. The lowest BCUT2D eigenvalue weighted by Gasteiger charge is -2.06. The fourth-order valence-corrected chi connectivity index (χ4v) is 2.02. The van der Waals surface area contributed by atoms with Crippen molar-refractivity contribution in [1.82, 2.24) is 10.3 Å². The number of hydrogen-bond acceptors (Lipinski definition) is 3. The van der Waals surface area contributed by atoms with Crippen molar-refractivity contribution < 1.29 is 13.2 Å². The smallest absolute Gasteiger partial charge is 0.312 e. The number of hydrogen-bond donors (Lipinski definition) is 1. The summed E-state index contributed by atoms with van der Waals surface area (Å²) in [5.74, 6) is 0. The van der Waals surface area contributed by atoms with E-state index in [4.69, 9.17) is 0 Å². The Morgan fingerprint density at radius 1 is 1.38 bits per heavy atom. The highest BCUT2D eigenvalue weighted by Gasteiger charge is 2.25. The standard InChI is InChI=1S/C10H15F3N2S/c1-8-9(16-7-15-8)6-14-5-3-2-4-10(11,12)13/h7,14H,2-6H2,1H3. The molecule has 0 amide bonds. The molecular formula is C10H15F3N2S. The van der Waals surface area contributed by atoms with Crippen LogP contribution in [0.4, 0.5) is 13.2 Å². The van der Waals surface area contributed by atoms with Crippen LogP contribution in [-0.4, -0.2) is 17.7 Å². The van der Waals surface area contributed by atoms with Gasteiger partial charge in [-0.1, -0.05) is 0 Å². The van der Waals surface area contributed by atoms with Gasteiger partial charge in [-0.2, -0.15) is 13.2 Å². The van der Waals surface area contributed by atoms with Crippen molar-refractivity contribution in [1.29, 1.82) is 0 Å². The molecule has 1 N–H and O–H groups in total. The monoisotopic (exact) mass is 252 g/mol. The maximum Gasteiger partial charge on any atom is 0.389 e. The van der Waals surface area contributed by atoms with Crippen LogP contribution < -0.4 is 5.32 Å². The summed E-state index contributed by atoms with van der Waals surface area (Å²) in [4.78, 5) is 5.24. The number of nitrogens with one attached hydrogen (secondary N) is 1. The van der Waals surface area contributed by atoms with E-state index in [1.165, 1.54) is 0 Å². The van der Waals surface area contributed by atoms with Gasteiger partial charge in [-0.05, 0) is 26.3 Å².